The minimum atomic E-state index is 0.0807. The minimum Gasteiger partial charge on any atom is -0.260 e. The lowest BCUT2D eigenvalue weighted by Crippen LogP contribution is -2.13. The molecule has 0 bridgehead atoms. The van der Waals surface area contributed by atoms with E-state index < -0.39 is 0 Å². The van der Waals surface area contributed by atoms with Gasteiger partial charge in [-0.1, -0.05) is 32.4 Å². The molecule has 0 N–H and O–H groups in total. The Morgan fingerprint density at radius 1 is 1.33 bits per heavy atom. The van der Waals surface area contributed by atoms with Crippen LogP contribution in [0.4, 0.5) is 0 Å². The van der Waals surface area contributed by atoms with Gasteiger partial charge in [0.05, 0.1) is 0 Å². The standard InChI is InChI=1S/C10H14ClN/c1-7-6-12-9(5-8(7)11)10(2,3)4/h5-6H,1-4H3. The molecular weight excluding hydrogens is 170 g/mol. The molecule has 0 atom stereocenters. The van der Waals surface area contributed by atoms with E-state index in [0.29, 0.717) is 0 Å². The fourth-order valence-electron chi connectivity index (χ4n) is 0.909. The predicted octanol–water partition coefficient (Wildman–Crippen LogP) is 3.34. The lowest BCUT2D eigenvalue weighted by Gasteiger charge is -2.17. The molecule has 0 unspecified atom stereocenters. The second-order valence-corrected chi connectivity index (χ2v) is 4.48. The molecule has 0 aromatic carbocycles. The Balaban J connectivity index is 3.14. The number of rotatable bonds is 0. The summed E-state index contributed by atoms with van der Waals surface area (Å²) >= 11 is 5.98. The molecule has 1 aromatic heterocycles. The van der Waals surface area contributed by atoms with Gasteiger partial charge in [0.2, 0.25) is 0 Å². The minimum absolute atomic E-state index is 0.0807. The molecule has 0 saturated heterocycles. The van der Waals surface area contributed by atoms with Crippen LogP contribution in [0.15, 0.2) is 12.3 Å². The molecule has 0 aliphatic carbocycles. The zero-order valence-electron chi connectivity index (χ0n) is 7.98. The molecular formula is C10H14ClN. The van der Waals surface area contributed by atoms with Gasteiger partial charge in [-0.3, -0.25) is 4.98 Å². The van der Waals surface area contributed by atoms with Gasteiger partial charge in [-0.25, -0.2) is 0 Å². The topological polar surface area (TPSA) is 12.9 Å². The molecule has 1 rings (SSSR count). The summed E-state index contributed by atoms with van der Waals surface area (Å²) in [5.74, 6) is 0. The molecule has 0 spiro atoms. The second-order valence-electron chi connectivity index (χ2n) is 4.07. The van der Waals surface area contributed by atoms with Crippen molar-refractivity contribution >= 4 is 11.6 Å². The Hall–Kier alpha value is -0.560. The van der Waals surface area contributed by atoms with Crippen LogP contribution in [0, 0.1) is 6.92 Å². The zero-order chi connectivity index (χ0) is 9.35. The van der Waals surface area contributed by atoms with Crippen LogP contribution in [0.25, 0.3) is 0 Å². The smallest absolute Gasteiger partial charge is 0.0472 e. The van der Waals surface area contributed by atoms with Crippen molar-refractivity contribution in [3.8, 4) is 0 Å². The predicted molar refractivity (Wildman–Crippen MR) is 52.7 cm³/mol. The van der Waals surface area contributed by atoms with Crippen molar-refractivity contribution in [2.45, 2.75) is 33.1 Å². The molecule has 12 heavy (non-hydrogen) atoms. The molecule has 0 aliphatic rings. The van der Waals surface area contributed by atoms with Gasteiger partial charge < -0.3 is 0 Å². The largest absolute Gasteiger partial charge is 0.260 e. The third kappa shape index (κ3) is 1.98. The van der Waals surface area contributed by atoms with Crippen molar-refractivity contribution < 1.29 is 0 Å². The van der Waals surface area contributed by atoms with Crippen LogP contribution in [0.2, 0.25) is 5.02 Å². The molecule has 1 heterocycles. The van der Waals surface area contributed by atoms with Crippen LogP contribution in [0.1, 0.15) is 32.0 Å². The quantitative estimate of drug-likeness (QED) is 0.601. The van der Waals surface area contributed by atoms with Crippen molar-refractivity contribution in [2.75, 3.05) is 0 Å². The Bertz CT molecular complexity index is 286. The van der Waals surface area contributed by atoms with Gasteiger partial charge in [0.1, 0.15) is 0 Å². The van der Waals surface area contributed by atoms with Gasteiger partial charge in [-0.2, -0.15) is 0 Å². The van der Waals surface area contributed by atoms with E-state index in [4.69, 9.17) is 11.6 Å². The Morgan fingerprint density at radius 2 is 1.92 bits per heavy atom. The monoisotopic (exact) mass is 183 g/mol. The zero-order valence-corrected chi connectivity index (χ0v) is 8.74. The van der Waals surface area contributed by atoms with Crippen molar-refractivity contribution in [3.05, 3.63) is 28.5 Å². The third-order valence-corrected chi connectivity index (χ3v) is 2.21. The fourth-order valence-corrected chi connectivity index (χ4v) is 1.06. The number of nitrogens with zero attached hydrogens (tertiary/aromatic N) is 1. The summed E-state index contributed by atoms with van der Waals surface area (Å²) in [5.41, 5.74) is 2.15. The molecule has 0 fully saturated rings. The second kappa shape index (κ2) is 3.06. The fraction of sp³-hybridized carbons (Fsp3) is 0.500. The van der Waals surface area contributed by atoms with E-state index in [9.17, 15) is 0 Å². The lowest BCUT2D eigenvalue weighted by molar-refractivity contribution is 0.568. The number of hydrogen-bond acceptors (Lipinski definition) is 1. The van der Waals surface area contributed by atoms with E-state index in [0.717, 1.165) is 16.3 Å². The highest BCUT2D eigenvalue weighted by atomic mass is 35.5. The van der Waals surface area contributed by atoms with Crippen molar-refractivity contribution in [3.63, 3.8) is 0 Å². The van der Waals surface area contributed by atoms with E-state index in [1.807, 2.05) is 19.2 Å². The number of halogens is 1. The first-order chi connectivity index (χ1) is 5.41. The average molecular weight is 184 g/mol. The molecule has 0 aliphatic heterocycles. The molecule has 1 aromatic rings. The molecule has 0 amide bonds. The maximum atomic E-state index is 5.98. The summed E-state index contributed by atoms with van der Waals surface area (Å²) in [4.78, 5) is 4.33. The van der Waals surface area contributed by atoms with Crippen LogP contribution < -0.4 is 0 Å². The Morgan fingerprint density at radius 3 is 2.33 bits per heavy atom. The SMILES string of the molecule is Cc1cnc(C(C)(C)C)cc1Cl. The van der Waals surface area contributed by atoms with Gasteiger partial charge in [-0.15, -0.1) is 0 Å². The summed E-state index contributed by atoms with van der Waals surface area (Å²) in [6.07, 6.45) is 1.82. The van der Waals surface area contributed by atoms with Crippen LogP contribution in [-0.4, -0.2) is 4.98 Å². The molecule has 0 saturated carbocycles. The molecule has 0 radical (unpaired) electrons. The highest BCUT2D eigenvalue weighted by molar-refractivity contribution is 6.31. The third-order valence-electron chi connectivity index (χ3n) is 1.81. The van der Waals surface area contributed by atoms with Crippen LogP contribution >= 0.6 is 11.6 Å². The van der Waals surface area contributed by atoms with Crippen LogP contribution in [-0.2, 0) is 5.41 Å². The van der Waals surface area contributed by atoms with Gasteiger partial charge in [0.15, 0.2) is 0 Å². The summed E-state index contributed by atoms with van der Waals surface area (Å²) < 4.78 is 0. The molecule has 1 nitrogen and oxygen atoms in total. The summed E-state index contributed by atoms with van der Waals surface area (Å²) in [6.45, 7) is 8.34. The van der Waals surface area contributed by atoms with Crippen molar-refractivity contribution in [1.82, 2.24) is 4.98 Å². The number of hydrogen-bond donors (Lipinski definition) is 0. The van der Waals surface area contributed by atoms with Crippen LogP contribution in [0.3, 0.4) is 0 Å². The van der Waals surface area contributed by atoms with Crippen molar-refractivity contribution in [2.24, 2.45) is 0 Å². The van der Waals surface area contributed by atoms with Gasteiger partial charge in [-0.05, 0) is 18.6 Å². The van der Waals surface area contributed by atoms with Crippen LogP contribution in [0.5, 0.6) is 0 Å². The summed E-state index contributed by atoms with van der Waals surface area (Å²) in [5, 5.41) is 0.801. The average Bonchev–Trinajstić information content (AvgIpc) is 1.92. The maximum absolute atomic E-state index is 5.98. The van der Waals surface area contributed by atoms with Gasteiger partial charge in [0.25, 0.3) is 0 Å². The van der Waals surface area contributed by atoms with E-state index in [1.54, 1.807) is 0 Å². The highest BCUT2D eigenvalue weighted by Crippen LogP contribution is 2.24. The Labute approximate surface area is 78.8 Å². The Kier molecular flexibility index (Phi) is 2.43. The number of aromatic nitrogens is 1. The van der Waals surface area contributed by atoms with Gasteiger partial charge >= 0.3 is 0 Å². The first-order valence-corrected chi connectivity index (χ1v) is 4.41. The molecule has 2 heteroatoms. The number of pyridine rings is 1. The maximum Gasteiger partial charge on any atom is 0.0472 e. The van der Waals surface area contributed by atoms with E-state index in [1.165, 1.54) is 0 Å². The van der Waals surface area contributed by atoms with E-state index in [-0.39, 0.29) is 5.41 Å². The lowest BCUT2D eigenvalue weighted by atomic mass is 9.91. The summed E-state index contributed by atoms with van der Waals surface area (Å²) in [6, 6.07) is 1.94. The van der Waals surface area contributed by atoms with Gasteiger partial charge in [0, 0.05) is 22.3 Å². The number of aryl methyl sites for hydroxylation is 1. The first kappa shape index (κ1) is 9.53. The first-order valence-electron chi connectivity index (χ1n) is 4.04. The molecule has 66 valence electrons. The summed E-state index contributed by atoms with van der Waals surface area (Å²) in [7, 11) is 0. The van der Waals surface area contributed by atoms with E-state index in [2.05, 4.69) is 25.8 Å². The van der Waals surface area contributed by atoms with E-state index >= 15 is 0 Å². The van der Waals surface area contributed by atoms with Crippen molar-refractivity contribution in [1.29, 1.82) is 0 Å². The highest BCUT2D eigenvalue weighted by Gasteiger charge is 2.15. The normalized spacial score (nSPS) is 11.8.